The monoisotopic (exact) mass is 478 g/mol. The van der Waals surface area contributed by atoms with Gasteiger partial charge in [-0.3, -0.25) is 9.59 Å². The lowest BCUT2D eigenvalue weighted by Crippen LogP contribution is -3.14. The third kappa shape index (κ3) is 5.74. The molecular weight excluding hydrogens is 444 g/mol. The molecule has 2 heterocycles. The molecule has 2 aromatic rings. The molecule has 0 saturated carbocycles. The molecule has 1 unspecified atom stereocenters. The second kappa shape index (κ2) is 11.1. The maximum Gasteiger partial charge on any atom is 0.295 e. The summed E-state index contributed by atoms with van der Waals surface area (Å²) in [6, 6.07) is 13.7. The minimum Gasteiger partial charge on any atom is -0.872 e. The molecular formula is C28H34N2O5. The maximum absolute atomic E-state index is 13.5. The number of ketones is 1. The first-order valence-corrected chi connectivity index (χ1v) is 12.4. The highest BCUT2D eigenvalue weighted by Crippen LogP contribution is 2.39. The number of benzene rings is 2. The number of ether oxygens (including phenoxy) is 2. The highest BCUT2D eigenvalue weighted by molar-refractivity contribution is 6.46. The predicted octanol–water partition coefficient (Wildman–Crippen LogP) is 1.31. The van der Waals surface area contributed by atoms with Gasteiger partial charge in [0.15, 0.2) is 0 Å². The van der Waals surface area contributed by atoms with E-state index < -0.39 is 23.5 Å². The molecule has 2 fully saturated rings. The third-order valence-corrected chi connectivity index (χ3v) is 6.54. The molecule has 0 bridgehead atoms. The van der Waals surface area contributed by atoms with Crippen molar-refractivity contribution in [2.75, 3.05) is 39.4 Å². The summed E-state index contributed by atoms with van der Waals surface area (Å²) in [5.41, 5.74) is 2.19. The van der Waals surface area contributed by atoms with E-state index in [1.54, 1.807) is 17.0 Å². The van der Waals surface area contributed by atoms with Crippen LogP contribution in [-0.2, 0) is 14.3 Å². The summed E-state index contributed by atoms with van der Waals surface area (Å²) < 4.78 is 11.2. The van der Waals surface area contributed by atoms with Gasteiger partial charge in [-0.2, -0.15) is 0 Å². The molecule has 1 atom stereocenters. The second-order valence-corrected chi connectivity index (χ2v) is 9.54. The fourth-order valence-electron chi connectivity index (χ4n) is 4.72. The van der Waals surface area contributed by atoms with E-state index in [1.165, 1.54) is 4.90 Å². The van der Waals surface area contributed by atoms with Crippen molar-refractivity contribution >= 4 is 17.4 Å². The fourth-order valence-corrected chi connectivity index (χ4v) is 4.72. The van der Waals surface area contributed by atoms with E-state index in [4.69, 9.17) is 9.47 Å². The van der Waals surface area contributed by atoms with E-state index in [0.29, 0.717) is 17.9 Å². The Morgan fingerprint density at radius 1 is 1.09 bits per heavy atom. The summed E-state index contributed by atoms with van der Waals surface area (Å²) in [4.78, 5) is 29.3. The van der Waals surface area contributed by atoms with Crippen LogP contribution in [0.5, 0.6) is 5.75 Å². The highest BCUT2D eigenvalue weighted by atomic mass is 16.5. The van der Waals surface area contributed by atoms with Gasteiger partial charge >= 0.3 is 0 Å². The molecule has 0 radical (unpaired) electrons. The number of hydrogen-bond donors (Lipinski definition) is 1. The Hall–Kier alpha value is -3.16. The summed E-state index contributed by atoms with van der Waals surface area (Å²) in [5.74, 6) is -1.00. The number of morpholine rings is 1. The van der Waals surface area contributed by atoms with Crippen LogP contribution in [0.1, 0.15) is 43.0 Å². The van der Waals surface area contributed by atoms with Gasteiger partial charge < -0.3 is 24.4 Å². The third-order valence-electron chi connectivity index (χ3n) is 6.54. The topological polar surface area (TPSA) is 83.3 Å². The van der Waals surface area contributed by atoms with Gasteiger partial charge in [0, 0.05) is 18.5 Å². The minimum absolute atomic E-state index is 0.0232. The number of rotatable bonds is 8. The molecule has 2 saturated heterocycles. The molecule has 2 aliphatic rings. The Balaban J connectivity index is 1.66. The zero-order valence-electron chi connectivity index (χ0n) is 20.7. The molecule has 2 aliphatic heterocycles. The number of nitrogens with zero attached hydrogens (tertiary/aromatic N) is 1. The zero-order chi connectivity index (χ0) is 24.9. The van der Waals surface area contributed by atoms with E-state index in [-0.39, 0.29) is 11.7 Å². The second-order valence-electron chi connectivity index (χ2n) is 9.54. The van der Waals surface area contributed by atoms with E-state index in [2.05, 4.69) is 0 Å². The number of likely N-dealkylation sites (tertiary alicyclic amines) is 1. The van der Waals surface area contributed by atoms with Crippen molar-refractivity contribution in [3.63, 3.8) is 0 Å². The lowest BCUT2D eigenvalue weighted by atomic mass is 9.95. The molecule has 4 rings (SSSR count). The number of aryl methyl sites for hydroxylation is 1. The molecule has 0 aromatic heterocycles. The smallest absolute Gasteiger partial charge is 0.295 e. The molecule has 35 heavy (non-hydrogen) atoms. The lowest BCUT2D eigenvalue weighted by Gasteiger charge is -2.29. The summed E-state index contributed by atoms with van der Waals surface area (Å²) in [5, 5.41) is 13.5. The van der Waals surface area contributed by atoms with Crippen molar-refractivity contribution in [2.24, 2.45) is 0 Å². The van der Waals surface area contributed by atoms with Crippen molar-refractivity contribution in [1.82, 2.24) is 4.90 Å². The van der Waals surface area contributed by atoms with Crippen LogP contribution < -0.4 is 14.7 Å². The van der Waals surface area contributed by atoms with E-state index in [1.807, 2.05) is 57.2 Å². The van der Waals surface area contributed by atoms with Gasteiger partial charge in [-0.05, 0) is 44.0 Å². The lowest BCUT2D eigenvalue weighted by molar-refractivity contribution is -0.908. The van der Waals surface area contributed by atoms with Crippen molar-refractivity contribution in [3.05, 3.63) is 70.8 Å². The molecule has 0 aliphatic carbocycles. The van der Waals surface area contributed by atoms with Crippen molar-refractivity contribution in [2.45, 2.75) is 39.3 Å². The van der Waals surface area contributed by atoms with Crippen molar-refractivity contribution in [1.29, 1.82) is 0 Å². The van der Waals surface area contributed by atoms with Gasteiger partial charge in [0.1, 0.15) is 18.8 Å². The van der Waals surface area contributed by atoms with Gasteiger partial charge in [-0.1, -0.05) is 47.7 Å². The van der Waals surface area contributed by atoms with Gasteiger partial charge in [0.05, 0.1) is 31.9 Å². The standard InChI is InChI=1S/C28H34N2O5/c1-19(2)35-23-11-9-21(10-12-23)25-24(26(31)22-7-5-20(3)6-8-22)27(32)28(33)30(25)14-4-13-29-15-17-34-18-16-29/h5-12,19,25,31H,4,13-18H2,1-3H3. The Morgan fingerprint density at radius 3 is 2.37 bits per heavy atom. The fraction of sp³-hybridized carbons (Fsp3) is 0.429. The van der Waals surface area contributed by atoms with Crippen LogP contribution >= 0.6 is 0 Å². The number of amides is 1. The molecule has 0 spiro atoms. The van der Waals surface area contributed by atoms with Crippen molar-refractivity contribution < 1.29 is 29.1 Å². The summed E-state index contributed by atoms with van der Waals surface area (Å²) in [7, 11) is 0. The van der Waals surface area contributed by atoms with Gasteiger partial charge in [0.2, 0.25) is 5.78 Å². The highest BCUT2D eigenvalue weighted by Gasteiger charge is 2.44. The average Bonchev–Trinajstić information content (AvgIpc) is 3.10. The van der Waals surface area contributed by atoms with Gasteiger partial charge in [0.25, 0.3) is 5.91 Å². The van der Waals surface area contributed by atoms with E-state index >= 15 is 0 Å². The molecule has 7 heteroatoms. The predicted molar refractivity (Wildman–Crippen MR) is 131 cm³/mol. The van der Waals surface area contributed by atoms with Crippen LogP contribution in [0.15, 0.2) is 54.1 Å². The van der Waals surface area contributed by atoms with E-state index in [0.717, 1.165) is 50.4 Å². The normalized spacial score (nSPS) is 20.6. The van der Waals surface area contributed by atoms with Crippen LogP contribution in [0.4, 0.5) is 0 Å². The minimum atomic E-state index is -0.711. The van der Waals surface area contributed by atoms with Crippen LogP contribution in [0.3, 0.4) is 0 Å². The number of nitrogens with one attached hydrogen (secondary N) is 1. The summed E-state index contributed by atoms with van der Waals surface area (Å²) in [6.07, 6.45) is 0.769. The SMILES string of the molecule is Cc1ccc(C([O-])=C2C(=O)C(=O)N(CCC[NH+]3CCOCC3)C2c2ccc(OC(C)C)cc2)cc1. The summed E-state index contributed by atoms with van der Waals surface area (Å²) >= 11 is 0. The average molecular weight is 479 g/mol. The Morgan fingerprint density at radius 2 is 1.74 bits per heavy atom. The molecule has 1 amide bonds. The zero-order valence-corrected chi connectivity index (χ0v) is 20.7. The van der Waals surface area contributed by atoms with Crippen LogP contribution in [0.25, 0.3) is 5.76 Å². The Bertz CT molecular complexity index is 1070. The van der Waals surface area contributed by atoms with E-state index in [9.17, 15) is 14.7 Å². The van der Waals surface area contributed by atoms with Gasteiger partial charge in [-0.15, -0.1) is 0 Å². The molecule has 186 valence electrons. The molecule has 7 nitrogen and oxygen atoms in total. The number of Topliss-reactive ketones (excluding diaryl/α,β-unsaturated/α-hetero) is 1. The first-order valence-electron chi connectivity index (χ1n) is 12.4. The largest absolute Gasteiger partial charge is 0.872 e. The summed E-state index contributed by atoms with van der Waals surface area (Å²) in [6.45, 7) is 10.5. The number of carbonyl (C=O) groups is 2. The quantitative estimate of drug-likeness (QED) is 0.352. The Kier molecular flexibility index (Phi) is 7.88. The van der Waals surface area contributed by atoms with Gasteiger partial charge in [-0.25, -0.2) is 0 Å². The number of quaternary nitrogens is 1. The first kappa shape index (κ1) is 24.9. The molecule has 2 aromatic carbocycles. The maximum atomic E-state index is 13.5. The Labute approximate surface area is 206 Å². The number of hydrogen-bond acceptors (Lipinski definition) is 5. The van der Waals surface area contributed by atoms with Crippen LogP contribution in [-0.4, -0.2) is 62.1 Å². The molecule has 1 N–H and O–H groups in total. The number of carbonyl (C=O) groups excluding carboxylic acids is 2. The van der Waals surface area contributed by atoms with Crippen LogP contribution in [0, 0.1) is 6.92 Å². The van der Waals surface area contributed by atoms with Crippen LogP contribution in [0.2, 0.25) is 0 Å². The first-order chi connectivity index (χ1) is 16.8. The van der Waals surface area contributed by atoms with Crippen molar-refractivity contribution in [3.8, 4) is 5.75 Å².